The highest BCUT2D eigenvalue weighted by molar-refractivity contribution is 9.10. The van der Waals surface area contributed by atoms with Crippen LogP contribution < -0.4 is 15.0 Å². The molecule has 0 unspecified atom stereocenters. The third kappa shape index (κ3) is 4.41. The highest BCUT2D eigenvalue weighted by atomic mass is 79.9. The highest BCUT2D eigenvalue weighted by Gasteiger charge is 2.19. The van der Waals surface area contributed by atoms with Crippen molar-refractivity contribution in [2.24, 2.45) is 0 Å². The molecule has 0 spiro atoms. The van der Waals surface area contributed by atoms with E-state index in [9.17, 15) is 9.59 Å². The van der Waals surface area contributed by atoms with E-state index in [1.54, 1.807) is 27.0 Å². The highest BCUT2D eigenvalue weighted by Crippen LogP contribution is 2.37. The molecule has 30 heavy (non-hydrogen) atoms. The van der Waals surface area contributed by atoms with Crippen molar-refractivity contribution in [3.05, 3.63) is 48.8 Å². The lowest BCUT2D eigenvalue weighted by molar-refractivity contribution is 0.0531. The Labute approximate surface area is 185 Å². The summed E-state index contributed by atoms with van der Waals surface area (Å²) in [5.41, 5.74) is 1.12. The van der Waals surface area contributed by atoms with Crippen molar-refractivity contribution in [1.29, 1.82) is 0 Å². The van der Waals surface area contributed by atoms with Gasteiger partial charge in [-0.05, 0) is 66.0 Å². The normalized spacial score (nSPS) is 11.2. The molecule has 3 rings (SSSR count). The van der Waals surface area contributed by atoms with Crippen molar-refractivity contribution in [1.82, 2.24) is 9.97 Å². The maximum Gasteiger partial charge on any atom is 0.348 e. The quantitative estimate of drug-likeness (QED) is 0.475. The van der Waals surface area contributed by atoms with Crippen molar-refractivity contribution in [3.8, 4) is 11.5 Å². The van der Waals surface area contributed by atoms with Gasteiger partial charge in [0.1, 0.15) is 15.5 Å². The number of thiophene rings is 1. The molecular weight excluding hydrogens is 472 g/mol. The summed E-state index contributed by atoms with van der Waals surface area (Å²) in [7, 11) is 1.58. The average molecular weight is 493 g/mol. The smallest absolute Gasteiger partial charge is 0.348 e. The Hall–Kier alpha value is -2.65. The molecule has 0 fully saturated rings. The predicted octanol–water partition coefficient (Wildman–Crippen LogP) is 4.81. The number of benzene rings is 1. The molecule has 0 radical (unpaired) electrons. The molecule has 1 aromatic carbocycles. The first-order chi connectivity index (χ1) is 14.4. The Morgan fingerprint density at radius 1 is 1.27 bits per heavy atom. The first kappa shape index (κ1) is 22.0. The van der Waals surface area contributed by atoms with Crippen molar-refractivity contribution in [2.45, 2.75) is 20.8 Å². The molecule has 9 heteroatoms. The van der Waals surface area contributed by atoms with Crippen molar-refractivity contribution in [3.63, 3.8) is 0 Å². The Kier molecular flexibility index (Phi) is 6.94. The number of hydrogen-bond acceptors (Lipinski definition) is 7. The van der Waals surface area contributed by atoms with Gasteiger partial charge in [0.05, 0.1) is 30.2 Å². The van der Waals surface area contributed by atoms with Gasteiger partial charge in [-0.3, -0.25) is 4.79 Å². The number of hydrogen-bond donors (Lipinski definition) is 1. The Bertz CT molecular complexity index is 1180. The van der Waals surface area contributed by atoms with E-state index in [1.807, 2.05) is 25.1 Å². The van der Waals surface area contributed by atoms with E-state index in [4.69, 9.17) is 14.2 Å². The van der Waals surface area contributed by atoms with Gasteiger partial charge in [-0.25, -0.2) is 9.78 Å². The summed E-state index contributed by atoms with van der Waals surface area (Å²) < 4.78 is 16.8. The van der Waals surface area contributed by atoms with Crippen molar-refractivity contribution < 1.29 is 19.0 Å². The van der Waals surface area contributed by atoms with Gasteiger partial charge in [0.25, 0.3) is 5.56 Å². The topological polar surface area (TPSA) is 90.5 Å². The Balaban J connectivity index is 1.99. The minimum Gasteiger partial charge on any atom is -0.492 e. The van der Waals surface area contributed by atoms with Crippen LogP contribution in [0.4, 0.5) is 0 Å². The number of nitrogens with one attached hydrogen (secondary N) is 1. The van der Waals surface area contributed by atoms with Crippen LogP contribution in [0.3, 0.4) is 0 Å². The molecule has 0 aliphatic heterocycles. The van der Waals surface area contributed by atoms with E-state index in [-0.39, 0.29) is 12.2 Å². The summed E-state index contributed by atoms with van der Waals surface area (Å²) in [6, 6.07) is 3.72. The molecule has 0 bridgehead atoms. The average Bonchev–Trinajstić information content (AvgIpc) is 3.04. The number of H-pyrrole nitrogens is 1. The summed E-state index contributed by atoms with van der Waals surface area (Å²) in [6.07, 6.45) is 3.51. The third-order valence-electron chi connectivity index (χ3n) is 4.25. The fraction of sp³-hybridized carbons (Fsp3) is 0.286. The first-order valence-electron chi connectivity index (χ1n) is 9.28. The molecule has 3 aromatic rings. The van der Waals surface area contributed by atoms with Gasteiger partial charge in [0, 0.05) is 0 Å². The maximum absolute atomic E-state index is 12.6. The van der Waals surface area contributed by atoms with Crippen molar-refractivity contribution >= 4 is 55.6 Å². The van der Waals surface area contributed by atoms with Crippen molar-refractivity contribution in [2.75, 3.05) is 20.3 Å². The number of esters is 1. The summed E-state index contributed by atoms with van der Waals surface area (Å²) in [4.78, 5) is 32.8. The lowest BCUT2D eigenvalue weighted by Gasteiger charge is -2.12. The first-order valence-corrected chi connectivity index (χ1v) is 10.9. The second kappa shape index (κ2) is 9.44. The summed E-state index contributed by atoms with van der Waals surface area (Å²) in [6.45, 7) is 6.13. The van der Waals surface area contributed by atoms with E-state index >= 15 is 0 Å². The fourth-order valence-corrected chi connectivity index (χ4v) is 4.66. The number of rotatable bonds is 7. The SMILES string of the molecule is CCOC(=O)c1sc2nc(/C=C/c3cc(Br)c(OC)c(OCC)c3)[nH]c(=O)c2c1C. The van der Waals surface area contributed by atoms with Crippen LogP contribution in [0.25, 0.3) is 22.4 Å². The van der Waals surface area contributed by atoms with Gasteiger partial charge in [0.2, 0.25) is 0 Å². The molecule has 0 saturated heterocycles. The fourth-order valence-electron chi connectivity index (χ4n) is 2.95. The lowest BCUT2D eigenvalue weighted by Crippen LogP contribution is -2.10. The molecule has 0 aliphatic carbocycles. The Morgan fingerprint density at radius 3 is 2.70 bits per heavy atom. The number of halogens is 1. The summed E-state index contributed by atoms with van der Waals surface area (Å²) in [5, 5.41) is 0.408. The number of methoxy groups -OCH3 is 1. The number of aromatic nitrogens is 2. The van der Waals surface area contributed by atoms with Crippen LogP contribution in [0, 0.1) is 6.92 Å². The molecule has 2 aromatic heterocycles. The van der Waals surface area contributed by atoms with Gasteiger partial charge in [-0.2, -0.15) is 0 Å². The predicted molar refractivity (Wildman–Crippen MR) is 122 cm³/mol. The lowest BCUT2D eigenvalue weighted by atomic mass is 10.2. The van der Waals surface area contributed by atoms with E-state index in [1.165, 1.54) is 0 Å². The van der Waals surface area contributed by atoms with Gasteiger partial charge in [-0.1, -0.05) is 6.08 Å². The van der Waals surface area contributed by atoms with E-state index < -0.39 is 5.97 Å². The zero-order chi connectivity index (χ0) is 21.8. The molecule has 2 heterocycles. The largest absolute Gasteiger partial charge is 0.492 e. The zero-order valence-corrected chi connectivity index (χ0v) is 19.4. The van der Waals surface area contributed by atoms with E-state index in [2.05, 4.69) is 25.9 Å². The molecule has 0 saturated carbocycles. The van der Waals surface area contributed by atoms with E-state index in [0.717, 1.165) is 21.4 Å². The van der Waals surface area contributed by atoms with Gasteiger partial charge in [-0.15, -0.1) is 11.3 Å². The van der Waals surface area contributed by atoms with Crippen LogP contribution in [0.2, 0.25) is 0 Å². The molecule has 158 valence electrons. The number of nitrogens with zero attached hydrogens (tertiary/aromatic N) is 1. The van der Waals surface area contributed by atoms with Crippen LogP contribution in [-0.2, 0) is 4.74 Å². The minimum atomic E-state index is -0.443. The second-order valence-corrected chi connectivity index (χ2v) is 8.06. The summed E-state index contributed by atoms with van der Waals surface area (Å²) in [5.74, 6) is 1.16. The monoisotopic (exact) mass is 492 g/mol. The number of fused-ring (bicyclic) bond motifs is 1. The minimum absolute atomic E-state index is 0.269. The molecule has 0 amide bonds. The molecule has 0 aliphatic rings. The van der Waals surface area contributed by atoms with Gasteiger partial charge < -0.3 is 19.2 Å². The standard InChI is InChI=1S/C21H21BrN2O5S/c1-5-28-14-10-12(9-13(22)17(14)27-4)7-8-15-23-19(25)16-11(3)18(21(26)29-6-2)30-20(16)24-15/h7-10H,5-6H2,1-4H3,(H,23,24,25)/b8-7+. The number of aromatic amines is 1. The van der Waals surface area contributed by atoms with Crippen LogP contribution in [0.1, 0.15) is 40.5 Å². The molecule has 7 nitrogen and oxygen atoms in total. The number of carbonyl (C=O) groups excluding carboxylic acids is 1. The summed E-state index contributed by atoms with van der Waals surface area (Å²) >= 11 is 4.64. The molecule has 1 N–H and O–H groups in total. The second-order valence-electron chi connectivity index (χ2n) is 6.21. The zero-order valence-electron chi connectivity index (χ0n) is 17.0. The van der Waals surface area contributed by atoms with Gasteiger partial charge >= 0.3 is 5.97 Å². The van der Waals surface area contributed by atoms with Crippen LogP contribution in [0.5, 0.6) is 11.5 Å². The number of ether oxygens (including phenoxy) is 3. The van der Waals surface area contributed by atoms with Gasteiger partial charge in [0.15, 0.2) is 11.5 Å². The van der Waals surface area contributed by atoms with E-state index in [0.29, 0.717) is 44.6 Å². The maximum atomic E-state index is 12.6. The van der Waals surface area contributed by atoms with Crippen LogP contribution in [0.15, 0.2) is 21.4 Å². The third-order valence-corrected chi connectivity index (χ3v) is 6.00. The van der Waals surface area contributed by atoms with Crippen LogP contribution >= 0.6 is 27.3 Å². The van der Waals surface area contributed by atoms with Crippen LogP contribution in [-0.4, -0.2) is 36.3 Å². The molecule has 0 atom stereocenters. The Morgan fingerprint density at radius 2 is 2.03 bits per heavy atom. The molecular formula is C21H21BrN2O5S. The number of aryl methyl sites for hydroxylation is 1. The number of carbonyl (C=O) groups is 1.